The van der Waals surface area contributed by atoms with Crippen LogP contribution in [0.5, 0.6) is 0 Å². The fraction of sp³-hybridized carbons (Fsp3) is 0.348. The first kappa shape index (κ1) is 22.4. The van der Waals surface area contributed by atoms with Crippen molar-refractivity contribution < 1.29 is 23.2 Å². The van der Waals surface area contributed by atoms with Crippen LogP contribution in [-0.2, 0) is 4.79 Å². The number of hydrogen-bond donors (Lipinski definition) is 2. The highest BCUT2D eigenvalue weighted by Gasteiger charge is 2.29. The number of benzene rings is 2. The molecule has 1 aliphatic rings. The van der Waals surface area contributed by atoms with Gasteiger partial charge in [-0.1, -0.05) is 0 Å². The summed E-state index contributed by atoms with van der Waals surface area (Å²) in [6, 6.07) is 9.53. The number of likely N-dealkylation sites (tertiary alicyclic amines) is 1. The van der Waals surface area contributed by atoms with Gasteiger partial charge >= 0.3 is 0 Å². The Labute approximate surface area is 179 Å². The maximum atomic E-state index is 13.9. The lowest BCUT2D eigenvalue weighted by Crippen LogP contribution is -2.41. The molecule has 164 valence electrons. The van der Waals surface area contributed by atoms with Crippen LogP contribution in [0.2, 0.25) is 0 Å². The van der Waals surface area contributed by atoms with Crippen molar-refractivity contribution in [3.8, 4) is 0 Å². The molecule has 0 spiro atoms. The summed E-state index contributed by atoms with van der Waals surface area (Å²) >= 11 is 0. The second kappa shape index (κ2) is 9.68. The largest absolute Gasteiger partial charge is 0.350 e. The third-order valence-electron chi connectivity index (χ3n) is 5.15. The van der Waals surface area contributed by atoms with E-state index in [0.717, 1.165) is 12.1 Å². The number of carbonyl (C=O) groups excluding carboxylic acids is 3. The van der Waals surface area contributed by atoms with Gasteiger partial charge in [-0.3, -0.25) is 14.4 Å². The molecule has 2 aromatic rings. The van der Waals surface area contributed by atoms with Crippen LogP contribution in [0.4, 0.5) is 14.5 Å². The summed E-state index contributed by atoms with van der Waals surface area (Å²) < 4.78 is 26.9. The highest BCUT2D eigenvalue weighted by molar-refractivity contribution is 5.97. The van der Waals surface area contributed by atoms with E-state index >= 15 is 0 Å². The molecular formula is C23H25F2N3O3. The number of anilines is 1. The Morgan fingerprint density at radius 2 is 1.65 bits per heavy atom. The molecule has 31 heavy (non-hydrogen) atoms. The maximum absolute atomic E-state index is 13.9. The van der Waals surface area contributed by atoms with Crippen LogP contribution in [0, 0.1) is 17.6 Å². The average Bonchev–Trinajstić information content (AvgIpc) is 2.73. The van der Waals surface area contributed by atoms with Crippen molar-refractivity contribution in [2.75, 3.05) is 18.4 Å². The van der Waals surface area contributed by atoms with Crippen molar-refractivity contribution in [2.24, 2.45) is 5.92 Å². The molecule has 8 heteroatoms. The molecule has 0 atom stereocenters. The van der Waals surface area contributed by atoms with Gasteiger partial charge in [0.25, 0.3) is 11.8 Å². The summed E-state index contributed by atoms with van der Waals surface area (Å²) in [5, 5.41) is 5.64. The molecule has 0 aromatic heterocycles. The van der Waals surface area contributed by atoms with Gasteiger partial charge in [0.15, 0.2) is 0 Å². The van der Waals surface area contributed by atoms with Crippen molar-refractivity contribution >= 4 is 23.4 Å². The first-order valence-electron chi connectivity index (χ1n) is 10.2. The van der Waals surface area contributed by atoms with Crippen molar-refractivity contribution in [1.29, 1.82) is 0 Å². The minimum Gasteiger partial charge on any atom is -0.350 e. The summed E-state index contributed by atoms with van der Waals surface area (Å²) in [6.07, 6.45) is 0.879. The number of amides is 3. The quantitative estimate of drug-likeness (QED) is 0.763. The average molecular weight is 429 g/mol. The summed E-state index contributed by atoms with van der Waals surface area (Å²) in [5.74, 6) is -2.77. The smallest absolute Gasteiger partial charge is 0.256 e. The Balaban J connectivity index is 1.53. The number of hydrogen-bond acceptors (Lipinski definition) is 3. The fourth-order valence-corrected chi connectivity index (χ4v) is 3.47. The van der Waals surface area contributed by atoms with Gasteiger partial charge in [-0.05, 0) is 63.1 Å². The SMILES string of the molecule is CC(C)NC(=O)c1ccc(NC(=O)C2CCN(C(=O)c3ccc(F)cc3F)CC2)cc1. The molecule has 6 nitrogen and oxygen atoms in total. The molecule has 1 aliphatic heterocycles. The predicted molar refractivity (Wildman–Crippen MR) is 113 cm³/mol. The van der Waals surface area contributed by atoms with Crippen LogP contribution in [-0.4, -0.2) is 41.8 Å². The normalized spacial score (nSPS) is 14.4. The van der Waals surface area contributed by atoms with Gasteiger partial charge in [-0.15, -0.1) is 0 Å². The molecule has 2 aromatic carbocycles. The molecule has 1 fully saturated rings. The maximum Gasteiger partial charge on any atom is 0.256 e. The van der Waals surface area contributed by atoms with E-state index in [1.165, 1.54) is 4.90 Å². The third-order valence-corrected chi connectivity index (χ3v) is 5.15. The lowest BCUT2D eigenvalue weighted by Gasteiger charge is -2.31. The molecule has 0 aliphatic carbocycles. The van der Waals surface area contributed by atoms with Crippen molar-refractivity contribution in [1.82, 2.24) is 10.2 Å². The van der Waals surface area contributed by atoms with Gasteiger partial charge in [0, 0.05) is 42.4 Å². The molecule has 3 amide bonds. The van der Waals surface area contributed by atoms with Crippen LogP contribution in [0.15, 0.2) is 42.5 Å². The molecular weight excluding hydrogens is 404 g/mol. The van der Waals surface area contributed by atoms with Crippen molar-refractivity contribution in [3.05, 3.63) is 65.2 Å². The van der Waals surface area contributed by atoms with Crippen LogP contribution >= 0.6 is 0 Å². The Hall–Kier alpha value is -3.29. The van der Waals surface area contributed by atoms with E-state index in [-0.39, 0.29) is 29.3 Å². The second-order valence-corrected chi connectivity index (χ2v) is 7.89. The monoisotopic (exact) mass is 429 g/mol. The lowest BCUT2D eigenvalue weighted by atomic mass is 9.95. The van der Waals surface area contributed by atoms with E-state index in [9.17, 15) is 23.2 Å². The molecule has 0 unspecified atom stereocenters. The van der Waals surface area contributed by atoms with Crippen molar-refractivity contribution in [2.45, 2.75) is 32.7 Å². The zero-order valence-corrected chi connectivity index (χ0v) is 17.5. The summed E-state index contributed by atoms with van der Waals surface area (Å²) in [6.45, 7) is 4.37. The number of rotatable bonds is 5. The fourth-order valence-electron chi connectivity index (χ4n) is 3.47. The van der Waals surface area contributed by atoms with Crippen LogP contribution in [0.25, 0.3) is 0 Å². The number of halogens is 2. The third kappa shape index (κ3) is 5.65. The van der Waals surface area contributed by atoms with Crippen molar-refractivity contribution in [3.63, 3.8) is 0 Å². The standard InChI is InChI=1S/C23H25F2N3O3/c1-14(2)26-21(29)15-3-6-18(7-4-15)27-22(30)16-9-11-28(12-10-16)23(31)19-8-5-17(24)13-20(19)25/h3-8,13-14,16H,9-12H2,1-2H3,(H,26,29)(H,27,30). The zero-order valence-electron chi connectivity index (χ0n) is 17.5. The van der Waals surface area contributed by atoms with E-state index in [1.54, 1.807) is 24.3 Å². The molecule has 0 bridgehead atoms. The number of piperidine rings is 1. The Morgan fingerprint density at radius 3 is 2.23 bits per heavy atom. The van der Waals surface area contributed by atoms with Gasteiger partial charge in [0.2, 0.25) is 5.91 Å². The number of carbonyl (C=O) groups is 3. The van der Waals surface area contributed by atoms with Gasteiger partial charge in [0.1, 0.15) is 11.6 Å². The second-order valence-electron chi connectivity index (χ2n) is 7.89. The molecule has 1 saturated heterocycles. The van der Waals surface area contributed by atoms with Crippen LogP contribution < -0.4 is 10.6 Å². The molecule has 0 saturated carbocycles. The first-order chi connectivity index (χ1) is 14.7. The number of nitrogens with one attached hydrogen (secondary N) is 2. The zero-order chi connectivity index (χ0) is 22.5. The molecule has 1 heterocycles. The Kier molecular flexibility index (Phi) is 6.99. The highest BCUT2D eigenvalue weighted by Crippen LogP contribution is 2.22. The highest BCUT2D eigenvalue weighted by atomic mass is 19.1. The van der Waals surface area contributed by atoms with Crippen LogP contribution in [0.3, 0.4) is 0 Å². The van der Waals surface area contributed by atoms with E-state index in [0.29, 0.717) is 43.2 Å². The van der Waals surface area contributed by atoms with Gasteiger partial charge in [-0.2, -0.15) is 0 Å². The van der Waals surface area contributed by atoms with Gasteiger partial charge in [0.05, 0.1) is 5.56 Å². The molecule has 2 N–H and O–H groups in total. The number of nitrogens with zero attached hydrogens (tertiary/aromatic N) is 1. The van der Waals surface area contributed by atoms with Gasteiger partial charge < -0.3 is 15.5 Å². The first-order valence-corrected chi connectivity index (χ1v) is 10.2. The molecule has 0 radical (unpaired) electrons. The topological polar surface area (TPSA) is 78.5 Å². The minimum atomic E-state index is -0.893. The Morgan fingerprint density at radius 1 is 1.00 bits per heavy atom. The molecule has 3 rings (SSSR count). The van der Waals surface area contributed by atoms with Gasteiger partial charge in [-0.25, -0.2) is 8.78 Å². The van der Waals surface area contributed by atoms with Crippen LogP contribution in [0.1, 0.15) is 47.4 Å². The van der Waals surface area contributed by atoms with E-state index in [1.807, 2.05) is 13.8 Å². The van der Waals surface area contributed by atoms with E-state index in [2.05, 4.69) is 10.6 Å². The summed E-state index contributed by atoms with van der Waals surface area (Å²) in [4.78, 5) is 38.5. The lowest BCUT2D eigenvalue weighted by molar-refractivity contribution is -0.121. The van der Waals surface area contributed by atoms with E-state index in [4.69, 9.17) is 0 Å². The summed E-state index contributed by atoms with van der Waals surface area (Å²) in [7, 11) is 0. The predicted octanol–water partition coefficient (Wildman–Crippen LogP) is 3.59. The van der Waals surface area contributed by atoms with E-state index < -0.39 is 17.5 Å². The Bertz CT molecular complexity index is 969. The minimum absolute atomic E-state index is 0.0316. The summed E-state index contributed by atoms with van der Waals surface area (Å²) in [5.41, 5.74) is 0.912.